The maximum absolute atomic E-state index is 14.0. The molecular formula is C25H28Cl2FN7O3. The molecule has 202 valence electrons. The van der Waals surface area contributed by atoms with Crippen LogP contribution in [-0.4, -0.2) is 55.8 Å². The maximum Gasteiger partial charge on any atom is 0.410 e. The molecule has 1 aromatic carbocycles. The van der Waals surface area contributed by atoms with Crippen LogP contribution in [0.4, 0.5) is 15.0 Å². The zero-order valence-electron chi connectivity index (χ0n) is 21.4. The van der Waals surface area contributed by atoms with Crippen molar-refractivity contribution in [2.45, 2.75) is 57.9 Å². The van der Waals surface area contributed by atoms with Gasteiger partial charge in [0.2, 0.25) is 0 Å². The number of amidine groups is 1. The van der Waals surface area contributed by atoms with Crippen LogP contribution in [0.1, 0.15) is 57.7 Å². The third kappa shape index (κ3) is 5.23. The summed E-state index contributed by atoms with van der Waals surface area (Å²) in [5.41, 5.74) is 3.21. The van der Waals surface area contributed by atoms with E-state index in [9.17, 15) is 9.18 Å². The van der Waals surface area contributed by atoms with Crippen molar-refractivity contribution >= 4 is 46.6 Å². The molecule has 10 nitrogen and oxygen atoms in total. The van der Waals surface area contributed by atoms with Gasteiger partial charge in [-0.15, -0.1) is 0 Å². The second-order valence-electron chi connectivity index (χ2n) is 10.3. The van der Waals surface area contributed by atoms with E-state index in [4.69, 9.17) is 42.8 Å². The quantitative estimate of drug-likeness (QED) is 0.412. The highest BCUT2D eigenvalue weighted by Crippen LogP contribution is 2.35. The molecule has 1 spiro atoms. The second-order valence-corrected chi connectivity index (χ2v) is 11.1. The summed E-state index contributed by atoms with van der Waals surface area (Å²) in [5.74, 6) is 0.472. The fourth-order valence-corrected chi connectivity index (χ4v) is 5.13. The minimum absolute atomic E-state index is 0.0340. The zero-order valence-corrected chi connectivity index (χ0v) is 22.9. The number of aromatic nitrogens is 3. The van der Waals surface area contributed by atoms with Crippen LogP contribution >= 0.6 is 23.2 Å². The molecule has 1 atom stereocenters. The van der Waals surface area contributed by atoms with Crippen molar-refractivity contribution in [1.29, 1.82) is 0 Å². The highest BCUT2D eigenvalue weighted by atomic mass is 35.5. The number of nitrogens with one attached hydrogen (secondary N) is 2. The molecule has 0 radical (unpaired) electrons. The number of hydrogen-bond donors (Lipinski definition) is 2. The van der Waals surface area contributed by atoms with Gasteiger partial charge in [0.15, 0.2) is 17.2 Å². The highest BCUT2D eigenvalue weighted by Gasteiger charge is 2.42. The maximum atomic E-state index is 14.0. The molecule has 2 aliphatic rings. The van der Waals surface area contributed by atoms with Crippen LogP contribution in [0.15, 0.2) is 35.6 Å². The van der Waals surface area contributed by atoms with Gasteiger partial charge in [-0.25, -0.2) is 34.0 Å². The Morgan fingerprint density at radius 2 is 2.00 bits per heavy atom. The third-order valence-electron chi connectivity index (χ3n) is 6.35. The van der Waals surface area contributed by atoms with Gasteiger partial charge in [0.05, 0.1) is 22.8 Å². The Labute approximate surface area is 229 Å². The van der Waals surface area contributed by atoms with Crippen LogP contribution in [0.25, 0.3) is 5.65 Å². The summed E-state index contributed by atoms with van der Waals surface area (Å²) in [6.07, 6.45) is 4.08. The van der Waals surface area contributed by atoms with Crippen LogP contribution in [0.2, 0.25) is 10.0 Å². The normalized spacial score (nSPS) is 17.9. The standard InChI is InChI=1S/C25H28Cl2FN7O3/c1-14(19-16(26)5-6-17(28)20(19)27)30-18-7-10-35-22(31-18)15(13-29-35)21-32-25(38-33-21)8-11-34(12-9-25)23(36)37-24(2,3)4/h5-7,10,13-14H,8-9,11-12H2,1-4H3,(H,30,31)(H,32,33)/t14-/m1/s1. The molecule has 3 aromatic rings. The van der Waals surface area contributed by atoms with Crippen molar-refractivity contribution in [2.75, 3.05) is 18.4 Å². The number of nitrogens with zero attached hydrogens (tertiary/aromatic N) is 5. The molecule has 0 aliphatic carbocycles. The van der Waals surface area contributed by atoms with Crippen molar-refractivity contribution < 1.29 is 18.8 Å². The number of hydroxylamine groups is 1. The lowest BCUT2D eigenvalue weighted by Gasteiger charge is -2.36. The number of rotatable bonds is 4. The van der Waals surface area contributed by atoms with E-state index in [0.29, 0.717) is 59.4 Å². The summed E-state index contributed by atoms with van der Waals surface area (Å²) in [4.78, 5) is 29.5. The number of ether oxygens (including phenoxy) is 1. The first-order chi connectivity index (χ1) is 17.9. The lowest BCUT2D eigenvalue weighted by Crippen LogP contribution is -2.48. The first-order valence-corrected chi connectivity index (χ1v) is 13.0. The molecule has 1 saturated heterocycles. The zero-order chi connectivity index (χ0) is 27.2. The van der Waals surface area contributed by atoms with Crippen molar-refractivity contribution in [1.82, 2.24) is 25.0 Å². The summed E-state index contributed by atoms with van der Waals surface area (Å²) in [7, 11) is 0. The second kappa shape index (κ2) is 9.87. The van der Waals surface area contributed by atoms with E-state index < -0.39 is 23.2 Å². The van der Waals surface area contributed by atoms with Gasteiger partial charge in [-0.1, -0.05) is 23.2 Å². The van der Waals surface area contributed by atoms with E-state index in [2.05, 4.69) is 15.9 Å². The molecule has 0 saturated carbocycles. The third-order valence-corrected chi connectivity index (χ3v) is 7.06. The summed E-state index contributed by atoms with van der Waals surface area (Å²) in [6, 6.07) is 4.03. The fourth-order valence-electron chi connectivity index (χ4n) is 4.44. The molecule has 2 N–H and O–H groups in total. The van der Waals surface area contributed by atoms with E-state index in [-0.39, 0.29) is 11.1 Å². The number of amides is 1. The van der Waals surface area contributed by atoms with E-state index >= 15 is 0 Å². The number of aliphatic imine (C=N–C) groups is 1. The molecule has 0 bridgehead atoms. The van der Waals surface area contributed by atoms with Gasteiger partial charge in [-0.3, -0.25) is 0 Å². The van der Waals surface area contributed by atoms with Gasteiger partial charge >= 0.3 is 6.09 Å². The molecule has 2 aromatic heterocycles. The summed E-state index contributed by atoms with van der Waals surface area (Å²) in [5, 5.41) is 7.92. The summed E-state index contributed by atoms with van der Waals surface area (Å²) in [6.45, 7) is 8.26. The largest absolute Gasteiger partial charge is 0.444 e. The number of anilines is 1. The lowest BCUT2D eigenvalue weighted by atomic mass is 10.0. The van der Waals surface area contributed by atoms with Crippen LogP contribution in [0.5, 0.6) is 0 Å². The van der Waals surface area contributed by atoms with Gasteiger partial charge in [0.25, 0.3) is 0 Å². The van der Waals surface area contributed by atoms with Crippen molar-refractivity contribution in [3.8, 4) is 0 Å². The predicted molar refractivity (Wildman–Crippen MR) is 142 cm³/mol. The Kier molecular flexibility index (Phi) is 6.87. The lowest BCUT2D eigenvalue weighted by molar-refractivity contribution is -0.0893. The number of benzene rings is 1. The number of carbonyl (C=O) groups is 1. The fraction of sp³-hybridized carbons (Fsp3) is 0.440. The smallest absolute Gasteiger partial charge is 0.410 e. The Hall–Kier alpha value is -3.15. The first-order valence-electron chi connectivity index (χ1n) is 12.2. The number of hydrogen-bond acceptors (Lipinski definition) is 8. The summed E-state index contributed by atoms with van der Waals surface area (Å²) >= 11 is 12.5. The number of fused-ring (bicyclic) bond motifs is 1. The van der Waals surface area contributed by atoms with Crippen LogP contribution < -0.4 is 10.8 Å². The number of likely N-dealkylation sites (tertiary alicyclic amines) is 1. The minimum atomic E-state index is -0.794. The van der Waals surface area contributed by atoms with Crippen LogP contribution in [-0.2, 0) is 9.57 Å². The number of carbonyl (C=O) groups excluding carboxylic acids is 1. The Morgan fingerprint density at radius 3 is 2.71 bits per heavy atom. The monoisotopic (exact) mass is 563 g/mol. The van der Waals surface area contributed by atoms with Gasteiger partial charge in [0, 0.05) is 42.7 Å². The van der Waals surface area contributed by atoms with E-state index in [0.717, 1.165) is 0 Å². The molecular weight excluding hydrogens is 536 g/mol. The predicted octanol–water partition coefficient (Wildman–Crippen LogP) is 5.36. The van der Waals surface area contributed by atoms with E-state index in [1.807, 2.05) is 27.7 Å². The molecule has 5 rings (SSSR count). The van der Waals surface area contributed by atoms with Gasteiger partial charge in [0.1, 0.15) is 17.2 Å². The van der Waals surface area contributed by atoms with Gasteiger partial charge < -0.3 is 15.0 Å². The summed E-state index contributed by atoms with van der Waals surface area (Å²) < 4.78 is 21.1. The average Bonchev–Trinajstić information content (AvgIpc) is 3.45. The SMILES string of the molecule is C[C@@H](Nc1ccn2ncc(C3=NC4(CCN(C(=O)OC(C)(C)C)CC4)ON3)c2n1)c1c(Cl)ccc(F)c1Cl. The molecule has 4 heterocycles. The van der Waals surface area contributed by atoms with Crippen molar-refractivity contribution in [2.24, 2.45) is 4.99 Å². The molecule has 38 heavy (non-hydrogen) atoms. The average molecular weight is 564 g/mol. The van der Waals surface area contributed by atoms with Crippen molar-refractivity contribution in [3.63, 3.8) is 0 Å². The number of halogens is 3. The van der Waals surface area contributed by atoms with Gasteiger partial charge in [-0.05, 0) is 45.9 Å². The van der Waals surface area contributed by atoms with Crippen LogP contribution in [0, 0.1) is 5.82 Å². The van der Waals surface area contributed by atoms with E-state index in [1.54, 1.807) is 27.9 Å². The molecule has 0 unspecified atom stereocenters. The Morgan fingerprint density at radius 1 is 1.26 bits per heavy atom. The van der Waals surface area contributed by atoms with E-state index in [1.165, 1.54) is 12.1 Å². The first kappa shape index (κ1) is 26.5. The number of piperidine rings is 1. The molecule has 13 heteroatoms. The van der Waals surface area contributed by atoms with Crippen molar-refractivity contribution in [3.05, 3.63) is 57.6 Å². The van der Waals surface area contributed by atoms with Gasteiger partial charge in [-0.2, -0.15) is 5.10 Å². The highest BCUT2D eigenvalue weighted by molar-refractivity contribution is 6.36. The molecule has 1 fully saturated rings. The topological polar surface area (TPSA) is 105 Å². The van der Waals surface area contributed by atoms with Crippen LogP contribution in [0.3, 0.4) is 0 Å². The Bertz CT molecular complexity index is 1410. The Balaban J connectivity index is 1.33. The minimum Gasteiger partial charge on any atom is -0.444 e. The molecule has 1 amide bonds. The molecule has 2 aliphatic heterocycles.